The summed E-state index contributed by atoms with van der Waals surface area (Å²) in [4.78, 5) is 38.3. The van der Waals surface area contributed by atoms with E-state index in [1.54, 1.807) is 0 Å². The second-order valence-corrected chi connectivity index (χ2v) is 20.9. The minimum absolute atomic E-state index is 0.121. The Labute approximate surface area is 492 Å². The Balaban J connectivity index is 4.53. The Morgan fingerprint density at radius 2 is 0.512 bits per heavy atom. The van der Waals surface area contributed by atoms with Crippen molar-refractivity contribution >= 4 is 17.9 Å². The van der Waals surface area contributed by atoms with Crippen LogP contribution in [-0.2, 0) is 28.6 Å². The lowest BCUT2D eigenvalue weighted by atomic mass is 10.1. The van der Waals surface area contributed by atoms with E-state index in [0.717, 1.165) is 128 Å². The molecule has 0 heterocycles. The maximum atomic E-state index is 12.9. The zero-order valence-electron chi connectivity index (χ0n) is 51.5. The van der Waals surface area contributed by atoms with Gasteiger partial charge in [0.1, 0.15) is 13.2 Å². The van der Waals surface area contributed by atoms with Crippen molar-refractivity contribution in [3.05, 3.63) is 158 Å². The largest absolute Gasteiger partial charge is 0.462 e. The summed E-state index contributed by atoms with van der Waals surface area (Å²) in [7, 11) is 0. The minimum Gasteiger partial charge on any atom is -0.462 e. The molecular formula is C74H118O6. The van der Waals surface area contributed by atoms with Crippen molar-refractivity contribution in [1.29, 1.82) is 0 Å². The number of hydrogen-bond donors (Lipinski definition) is 0. The van der Waals surface area contributed by atoms with Crippen LogP contribution in [0.5, 0.6) is 0 Å². The summed E-state index contributed by atoms with van der Waals surface area (Å²) < 4.78 is 16.9. The first-order chi connectivity index (χ1) is 39.5. The van der Waals surface area contributed by atoms with E-state index in [0.29, 0.717) is 19.3 Å². The van der Waals surface area contributed by atoms with E-state index < -0.39 is 12.1 Å². The van der Waals surface area contributed by atoms with Crippen molar-refractivity contribution in [3.8, 4) is 0 Å². The standard InChI is InChI=1S/C74H118O6/c1-4-7-10-13-16-19-22-25-28-31-34-35-36-37-38-39-41-43-46-49-52-55-58-61-64-67-73(76)79-70-71(69-78-72(75)66-63-60-57-54-51-48-45-42-33-30-27-24-21-18-15-12-9-6-3)80-74(77)68-65-62-59-56-53-50-47-44-40-32-29-26-23-20-17-14-11-8-5-2/h7-8,10-11,16-17,19-20,25-26,28-30,33-35,37-38,40-41,43-44,50,53,59,62,71H,4-6,9,12-15,18,21-24,27,31-32,36,39,42,45-49,51-52,54-58,60-61,63-70H2,1-3H3/b10-7-,11-8-,19-16-,20-17-,28-25-,29-26-,33-30-,35-34-,38-37-,43-41-,44-40-,53-50-,62-59-. The number of unbranched alkanes of at least 4 members (excludes halogenated alkanes) is 20. The average molecular weight is 1100 g/mol. The van der Waals surface area contributed by atoms with E-state index >= 15 is 0 Å². The van der Waals surface area contributed by atoms with Crippen molar-refractivity contribution in [1.82, 2.24) is 0 Å². The third kappa shape index (κ3) is 63.9. The summed E-state index contributed by atoms with van der Waals surface area (Å²) in [6, 6.07) is 0. The number of allylic oxidation sites excluding steroid dienone is 26. The number of carbonyl (C=O) groups excluding carboxylic acids is 3. The minimum atomic E-state index is -0.836. The van der Waals surface area contributed by atoms with E-state index in [-0.39, 0.29) is 31.6 Å². The summed E-state index contributed by atoms with van der Waals surface area (Å²) in [5.74, 6) is -1.03. The van der Waals surface area contributed by atoms with Gasteiger partial charge in [-0.1, -0.05) is 275 Å². The molecule has 0 aliphatic rings. The lowest BCUT2D eigenvalue weighted by Gasteiger charge is -2.18. The Morgan fingerprint density at radius 1 is 0.263 bits per heavy atom. The van der Waals surface area contributed by atoms with Crippen LogP contribution >= 0.6 is 0 Å². The van der Waals surface area contributed by atoms with Crippen LogP contribution in [0.3, 0.4) is 0 Å². The van der Waals surface area contributed by atoms with Gasteiger partial charge in [0.2, 0.25) is 0 Å². The van der Waals surface area contributed by atoms with Gasteiger partial charge < -0.3 is 14.2 Å². The topological polar surface area (TPSA) is 78.9 Å². The molecule has 0 N–H and O–H groups in total. The van der Waals surface area contributed by atoms with Gasteiger partial charge in [0, 0.05) is 19.3 Å². The molecule has 1 atom stereocenters. The molecule has 0 aromatic heterocycles. The smallest absolute Gasteiger partial charge is 0.306 e. The van der Waals surface area contributed by atoms with Gasteiger partial charge in [-0.05, 0) is 135 Å². The van der Waals surface area contributed by atoms with Gasteiger partial charge in [-0.15, -0.1) is 0 Å². The molecule has 0 fully saturated rings. The molecule has 0 aliphatic carbocycles. The summed E-state index contributed by atoms with van der Waals surface area (Å²) >= 11 is 0. The van der Waals surface area contributed by atoms with E-state index in [2.05, 4.69) is 167 Å². The maximum Gasteiger partial charge on any atom is 0.306 e. The lowest BCUT2D eigenvalue weighted by Crippen LogP contribution is -2.30. The predicted molar refractivity (Wildman–Crippen MR) is 348 cm³/mol. The molecule has 0 spiro atoms. The lowest BCUT2D eigenvalue weighted by molar-refractivity contribution is -0.166. The Bertz CT molecular complexity index is 1790. The number of carbonyl (C=O) groups is 3. The third-order valence-electron chi connectivity index (χ3n) is 13.3. The zero-order valence-corrected chi connectivity index (χ0v) is 51.5. The number of ether oxygens (including phenoxy) is 3. The van der Waals surface area contributed by atoms with E-state index in [1.807, 2.05) is 12.2 Å². The maximum absolute atomic E-state index is 12.9. The van der Waals surface area contributed by atoms with Crippen LogP contribution in [0.4, 0.5) is 0 Å². The highest BCUT2D eigenvalue weighted by Crippen LogP contribution is 2.14. The number of rotatable bonds is 57. The molecule has 0 amide bonds. The molecule has 80 heavy (non-hydrogen) atoms. The zero-order chi connectivity index (χ0) is 57.8. The van der Waals surface area contributed by atoms with E-state index in [1.165, 1.54) is 96.3 Å². The van der Waals surface area contributed by atoms with Gasteiger partial charge in [-0.25, -0.2) is 0 Å². The van der Waals surface area contributed by atoms with Gasteiger partial charge in [0.15, 0.2) is 6.10 Å². The van der Waals surface area contributed by atoms with Crippen molar-refractivity contribution in [2.75, 3.05) is 13.2 Å². The molecule has 0 aromatic rings. The fourth-order valence-corrected chi connectivity index (χ4v) is 8.47. The van der Waals surface area contributed by atoms with Gasteiger partial charge in [0.25, 0.3) is 0 Å². The van der Waals surface area contributed by atoms with Crippen LogP contribution < -0.4 is 0 Å². The second-order valence-electron chi connectivity index (χ2n) is 20.9. The second kappa shape index (κ2) is 66.5. The Hall–Kier alpha value is -4.97. The molecule has 0 saturated carbocycles. The highest BCUT2D eigenvalue weighted by atomic mass is 16.6. The monoisotopic (exact) mass is 1100 g/mol. The molecule has 0 aliphatic heterocycles. The Kier molecular flexibility index (Phi) is 62.4. The SMILES string of the molecule is CC/C=C\C/C=C\C/C=C\C/C=C\C/C=C\C/C=C\CCCCCCCCC(=O)OCC(COC(=O)CCCCCCCCC/C=C\CCCCCCCCC)OC(=O)CC/C=C\C/C=C\C/C=C\C/C=C\C/C=C\C/C=C\CC. The summed E-state index contributed by atoms with van der Waals surface area (Å²) in [5, 5.41) is 0. The van der Waals surface area contributed by atoms with Crippen molar-refractivity contribution < 1.29 is 28.6 Å². The van der Waals surface area contributed by atoms with Gasteiger partial charge >= 0.3 is 17.9 Å². The first-order valence-corrected chi connectivity index (χ1v) is 32.5. The Morgan fingerprint density at radius 3 is 0.825 bits per heavy atom. The average Bonchev–Trinajstić information content (AvgIpc) is 3.46. The molecule has 0 aromatic carbocycles. The van der Waals surface area contributed by atoms with Gasteiger partial charge in [0.05, 0.1) is 0 Å². The normalized spacial score (nSPS) is 13.2. The molecule has 6 heteroatoms. The van der Waals surface area contributed by atoms with E-state index in [4.69, 9.17) is 14.2 Å². The van der Waals surface area contributed by atoms with E-state index in [9.17, 15) is 14.4 Å². The highest BCUT2D eigenvalue weighted by molar-refractivity contribution is 5.71. The first kappa shape index (κ1) is 75.0. The summed E-state index contributed by atoms with van der Waals surface area (Å²) in [6.45, 7) is 6.34. The van der Waals surface area contributed by atoms with Crippen LogP contribution in [0.25, 0.3) is 0 Å². The highest BCUT2D eigenvalue weighted by Gasteiger charge is 2.19. The van der Waals surface area contributed by atoms with Crippen LogP contribution in [0.15, 0.2) is 158 Å². The molecular weight excluding hydrogens is 985 g/mol. The van der Waals surface area contributed by atoms with Crippen LogP contribution in [0.1, 0.15) is 271 Å². The van der Waals surface area contributed by atoms with Gasteiger partial charge in [-0.3, -0.25) is 14.4 Å². The summed E-state index contributed by atoms with van der Waals surface area (Å²) in [6.07, 6.45) is 96.8. The molecule has 450 valence electrons. The number of hydrogen-bond acceptors (Lipinski definition) is 6. The van der Waals surface area contributed by atoms with Crippen LogP contribution in [-0.4, -0.2) is 37.2 Å². The molecule has 0 saturated heterocycles. The molecule has 0 bridgehead atoms. The van der Waals surface area contributed by atoms with Crippen LogP contribution in [0.2, 0.25) is 0 Å². The molecule has 1 unspecified atom stereocenters. The fraction of sp³-hybridized carbons (Fsp3) is 0.608. The van der Waals surface area contributed by atoms with Crippen molar-refractivity contribution in [3.63, 3.8) is 0 Å². The molecule has 0 rings (SSSR count). The van der Waals surface area contributed by atoms with Crippen molar-refractivity contribution in [2.24, 2.45) is 0 Å². The third-order valence-corrected chi connectivity index (χ3v) is 13.3. The predicted octanol–water partition coefficient (Wildman–Crippen LogP) is 22.5. The summed E-state index contributed by atoms with van der Waals surface area (Å²) in [5.41, 5.74) is 0. The van der Waals surface area contributed by atoms with Crippen molar-refractivity contribution in [2.45, 2.75) is 277 Å². The molecule has 6 nitrogen and oxygen atoms in total. The first-order valence-electron chi connectivity index (χ1n) is 32.5. The molecule has 0 radical (unpaired) electrons. The fourth-order valence-electron chi connectivity index (χ4n) is 8.47. The van der Waals surface area contributed by atoms with Gasteiger partial charge in [-0.2, -0.15) is 0 Å². The quantitative estimate of drug-likeness (QED) is 0.0261. The number of esters is 3. The van der Waals surface area contributed by atoms with Crippen LogP contribution in [0, 0.1) is 0 Å².